The van der Waals surface area contributed by atoms with Crippen molar-refractivity contribution in [2.75, 3.05) is 79.1 Å². The Morgan fingerprint density at radius 3 is 1.29 bits per heavy atom. The van der Waals surface area contributed by atoms with E-state index in [-0.39, 0.29) is 94.4 Å². The van der Waals surface area contributed by atoms with Gasteiger partial charge in [-0.1, -0.05) is 13.2 Å². The summed E-state index contributed by atoms with van der Waals surface area (Å²) in [7, 11) is 19.0. The molecule has 0 fully saturated rings. The first kappa shape index (κ1) is 94.1. The van der Waals surface area contributed by atoms with Gasteiger partial charge in [0, 0.05) is 176 Å². The van der Waals surface area contributed by atoms with E-state index in [1.54, 1.807) is 189 Å². The van der Waals surface area contributed by atoms with Gasteiger partial charge in [-0.05, 0) is 183 Å². The maximum atomic E-state index is 14.2. The third-order valence-corrected chi connectivity index (χ3v) is 14.8. The van der Waals surface area contributed by atoms with Crippen molar-refractivity contribution in [3.8, 4) is 45.3 Å². The Kier molecular flexibility index (Phi) is 38.7. The van der Waals surface area contributed by atoms with Crippen LogP contribution in [0.1, 0.15) is 20.8 Å². The van der Waals surface area contributed by atoms with Crippen molar-refractivity contribution in [1.82, 2.24) is 22.8 Å². The Morgan fingerprint density at radius 1 is 0.528 bits per heavy atom. The molecular weight excluding hydrogens is 1610 g/mol. The van der Waals surface area contributed by atoms with Crippen molar-refractivity contribution in [1.29, 1.82) is 5.26 Å². The van der Waals surface area contributed by atoms with E-state index in [2.05, 4.69) is 71.6 Å². The molecule has 4 aromatic carbocycles. The number of nitrogen functional groups attached to an aromatic ring is 2. The number of rotatable bonds is 13. The molecular formula is C72H76BBr3ClF4N13NaO11. The van der Waals surface area contributed by atoms with Crippen LogP contribution < -0.4 is 104 Å². The van der Waals surface area contributed by atoms with Gasteiger partial charge in [-0.2, -0.15) is 0 Å². The zero-order valence-electron chi connectivity index (χ0n) is 60.5. The normalized spacial score (nSPS) is 9.96. The monoisotopic (exact) mass is 1680 g/mol. The van der Waals surface area contributed by atoms with E-state index in [1.807, 2.05) is 20.2 Å². The van der Waals surface area contributed by atoms with Crippen LogP contribution in [0.3, 0.4) is 0 Å². The minimum atomic E-state index is -0.857. The second-order valence-electron chi connectivity index (χ2n) is 23.4. The van der Waals surface area contributed by atoms with Gasteiger partial charge in [-0.25, -0.2) is 22.4 Å². The number of hydrogen-bond acceptors (Lipinski definition) is 17. The fourth-order valence-electron chi connectivity index (χ4n) is 8.50. The molecule has 3 radical (unpaired) electrons. The molecule has 0 unspecified atom stereocenters. The summed E-state index contributed by atoms with van der Waals surface area (Å²) in [5.41, 5.74) is 15.2. The number of nitrogens with zero attached hydrogens (tertiary/aromatic N) is 9. The number of carbonyl (C=O) groups is 3. The number of amides is 2. The molecule has 5 aromatic heterocycles. The summed E-state index contributed by atoms with van der Waals surface area (Å²) in [6.07, 6.45) is 9.81. The molecule has 0 spiro atoms. The third kappa shape index (κ3) is 29.2. The predicted octanol–water partition coefficient (Wildman–Crippen LogP) is 10.2. The van der Waals surface area contributed by atoms with Crippen LogP contribution in [0.4, 0.5) is 62.2 Å². The molecule has 0 saturated heterocycles. The number of halogens is 8. The van der Waals surface area contributed by atoms with Gasteiger partial charge in [0.2, 0.25) is 11.1 Å². The van der Waals surface area contributed by atoms with Crippen LogP contribution in [0, 0.1) is 35.1 Å². The number of aryl methyl sites for hydroxylation is 5. The summed E-state index contributed by atoms with van der Waals surface area (Å²) in [5.74, 6) is -3.17. The number of nitrogens with two attached hydrogens (primary N) is 2. The number of allylic oxidation sites excluding steroid dienone is 1. The van der Waals surface area contributed by atoms with E-state index in [1.165, 1.54) is 36.5 Å². The van der Waals surface area contributed by atoms with E-state index < -0.39 is 46.1 Å². The van der Waals surface area contributed by atoms with Crippen molar-refractivity contribution >= 4 is 125 Å². The van der Waals surface area contributed by atoms with E-state index in [0.29, 0.717) is 60.9 Å². The maximum Gasteiger partial charge on any atom is 1.00 e. The van der Waals surface area contributed by atoms with E-state index in [0.717, 1.165) is 45.4 Å². The van der Waals surface area contributed by atoms with Crippen LogP contribution in [0.25, 0.3) is 22.3 Å². The van der Waals surface area contributed by atoms with Gasteiger partial charge in [-0.3, -0.25) is 38.9 Å². The molecule has 0 bridgehead atoms. The van der Waals surface area contributed by atoms with Crippen LogP contribution in [-0.2, 0) is 49.6 Å². The quantitative estimate of drug-likeness (QED) is 0.0208. The molecule has 106 heavy (non-hydrogen) atoms. The molecule has 2 amide bonds. The summed E-state index contributed by atoms with van der Waals surface area (Å²) < 4.78 is 80.7. The largest absolute Gasteiger partial charge is 1.00 e. The SMILES string of the molecule is C=CC(=O)Cl.C=CC(=O)Nc1ccc(Oc2ccc(F)cc2F)c(-c2cc(N(C)C)c(=O)n(C)c2)c1.CN(C)c1cc(-c2cc(N)ccc2Oc2ccc(F)cc2F)cn(C)c1=O.CN(C)c1cc(Br)cn(C)c1=O.Cn1cc(Br)cc(N)c1=O.Cn1cc(Br)cc(NC(=O)OC(C)(C)C)c1=O.[B].[C-]#N.[Na+]. The molecule has 5 heterocycles. The average molecular weight is 1680 g/mol. The van der Waals surface area contributed by atoms with Crippen molar-refractivity contribution in [3.05, 3.63) is 254 Å². The number of ether oxygens (including phenoxy) is 3. The molecule has 0 atom stereocenters. The number of hydrogen-bond donors (Lipinski definition) is 4. The number of aromatic nitrogens is 5. The van der Waals surface area contributed by atoms with Crippen molar-refractivity contribution in [2.24, 2.45) is 35.2 Å². The number of carbonyl (C=O) groups excluding carboxylic acids is 3. The number of anilines is 7. The third-order valence-electron chi connectivity index (χ3n) is 13.3. The summed E-state index contributed by atoms with van der Waals surface area (Å²) in [6.45, 7) is 16.5. The Labute approximate surface area is 663 Å². The van der Waals surface area contributed by atoms with Crippen LogP contribution in [0.15, 0.2) is 197 Å². The topological polar surface area (TPSA) is 299 Å². The molecule has 9 rings (SSSR count). The molecule has 0 saturated carbocycles. The van der Waals surface area contributed by atoms with Crippen molar-refractivity contribution in [2.45, 2.75) is 26.4 Å². The summed E-state index contributed by atoms with van der Waals surface area (Å²) in [6, 6.07) is 24.1. The molecule has 9 aromatic rings. The van der Waals surface area contributed by atoms with Gasteiger partial charge in [-0.15, -0.1) is 0 Å². The Bertz CT molecular complexity index is 4930. The molecule has 24 nitrogen and oxygen atoms in total. The molecule has 0 aliphatic rings. The van der Waals surface area contributed by atoms with Gasteiger partial charge in [0.25, 0.3) is 27.8 Å². The zero-order chi connectivity index (χ0) is 78.9. The van der Waals surface area contributed by atoms with Crippen molar-refractivity contribution < 1.29 is 75.7 Å². The van der Waals surface area contributed by atoms with Gasteiger partial charge in [0.05, 0.1) is 5.69 Å². The predicted molar refractivity (Wildman–Crippen MR) is 418 cm³/mol. The zero-order valence-corrected chi connectivity index (χ0v) is 68.1. The van der Waals surface area contributed by atoms with Crippen LogP contribution >= 0.6 is 59.4 Å². The first-order chi connectivity index (χ1) is 48.5. The van der Waals surface area contributed by atoms with Gasteiger partial charge >= 0.3 is 35.7 Å². The average Bonchev–Trinajstić information content (AvgIpc) is 0.797. The standard InChI is InChI=1S/C23H21F2N3O3.C20H19F2N3O2.C11H15BrN2O3.C8H11BrN2O.C6H7BrN2O.C3H3ClO.CN.B.Na/c1-5-22(29)26-16-7-9-20(31-21-8-6-15(24)11-18(21)25)17(12-16)14-10-19(27(2)3)23(30)28(4)13-14;1-24(2)17-8-12(11-25(3)20(17)26)15-10-14(23)5-7-18(15)27-19-6-4-13(21)9-16(19)22;1-11(2,3)17-10(16)13-8-5-7(12)6-14(4)9(8)15;1-10(2)7-4-6(9)5-11(3)8(7)12;1-9-3-4(7)2-5(8)6(9)10;1-2-3(4)5;1-2;;/h5-13H,1H2,2-4H3,(H,26,29);4-11H,23H2,1-3H3;5-6H,1-4H3,(H,13,16);4-5H,1-3H3;2-3H,8H2,1H3;2H,1H2;;;/q;;;;;;-1;;+1. The summed E-state index contributed by atoms with van der Waals surface area (Å²) >= 11 is 14.5. The first-order valence-corrected chi connectivity index (χ1v) is 32.9. The first-order valence-electron chi connectivity index (χ1n) is 30.1. The van der Waals surface area contributed by atoms with Gasteiger partial charge in [0.1, 0.15) is 51.5 Å². The van der Waals surface area contributed by atoms with E-state index in [4.69, 9.17) is 49.1 Å². The van der Waals surface area contributed by atoms with Crippen LogP contribution in [0.5, 0.6) is 23.0 Å². The second kappa shape index (κ2) is 43.5. The fourth-order valence-corrected chi connectivity index (χ4v) is 10.1. The van der Waals surface area contributed by atoms with Crippen LogP contribution in [-0.4, -0.2) is 96.4 Å². The van der Waals surface area contributed by atoms with Crippen LogP contribution in [0.2, 0.25) is 0 Å². The molecule has 0 aliphatic heterocycles. The van der Waals surface area contributed by atoms with E-state index in [9.17, 15) is 55.9 Å². The van der Waals surface area contributed by atoms with Crippen molar-refractivity contribution in [3.63, 3.8) is 0 Å². The number of benzene rings is 4. The maximum absolute atomic E-state index is 14.2. The number of nitrogens with one attached hydrogen (secondary N) is 2. The molecule has 0 aliphatic carbocycles. The van der Waals surface area contributed by atoms with E-state index >= 15 is 0 Å². The Hall–Kier alpha value is -9.88. The summed E-state index contributed by atoms with van der Waals surface area (Å²) in [4.78, 5) is 96.7. The van der Waals surface area contributed by atoms with Gasteiger partial charge in [0.15, 0.2) is 23.1 Å². The number of pyridine rings is 5. The van der Waals surface area contributed by atoms with Gasteiger partial charge < -0.3 is 80.4 Å². The second-order valence-corrected chi connectivity index (χ2v) is 26.5. The molecule has 34 heteroatoms. The molecule has 6 N–H and O–H groups in total. The minimum absolute atomic E-state index is 0. The molecule has 555 valence electrons. The summed E-state index contributed by atoms with van der Waals surface area (Å²) in [5, 5.41) is 10.8. The Morgan fingerprint density at radius 2 is 0.896 bits per heavy atom. The smallest absolute Gasteiger partial charge is 0.512 e. The fraction of sp³-hybridized carbons (Fsp3) is 0.208. The Balaban J connectivity index is 0.000000678. The minimum Gasteiger partial charge on any atom is -0.512 e.